The monoisotopic (exact) mass is 341 g/mol. The molecule has 0 radical (unpaired) electrons. The van der Waals surface area contributed by atoms with Crippen molar-refractivity contribution >= 4 is 21.8 Å². The molecule has 0 amide bonds. The lowest BCUT2D eigenvalue weighted by molar-refractivity contribution is -0.138. The van der Waals surface area contributed by atoms with Crippen LogP contribution in [0.5, 0.6) is 0 Å². The summed E-state index contributed by atoms with van der Waals surface area (Å²) in [6, 6.07) is 8.71. The first-order valence-electron chi connectivity index (χ1n) is 7.72. The van der Waals surface area contributed by atoms with Crippen molar-refractivity contribution in [3.8, 4) is 11.1 Å². The summed E-state index contributed by atoms with van der Waals surface area (Å²) in [7, 11) is 1.93. The van der Waals surface area contributed by atoms with Gasteiger partial charge in [-0.2, -0.15) is 13.2 Å². The Hall–Kier alpha value is -2.89. The molecule has 3 aromatic heterocycles. The van der Waals surface area contributed by atoms with Crippen LogP contribution in [0.4, 0.5) is 13.2 Å². The molecule has 4 aromatic rings. The summed E-state index contributed by atoms with van der Waals surface area (Å²) in [5.74, 6) is 0. The van der Waals surface area contributed by atoms with Gasteiger partial charge in [0.15, 0.2) is 0 Å². The van der Waals surface area contributed by atoms with E-state index in [0.717, 1.165) is 27.9 Å². The molecule has 0 atom stereocenters. The van der Waals surface area contributed by atoms with E-state index in [4.69, 9.17) is 0 Å². The van der Waals surface area contributed by atoms with Gasteiger partial charge < -0.3 is 4.57 Å². The molecule has 3 heterocycles. The van der Waals surface area contributed by atoms with E-state index in [1.54, 1.807) is 12.4 Å². The van der Waals surface area contributed by atoms with Crippen molar-refractivity contribution in [2.75, 3.05) is 0 Å². The molecular weight excluding hydrogens is 327 g/mol. The van der Waals surface area contributed by atoms with Crippen LogP contribution in [0.1, 0.15) is 11.3 Å². The number of nitrogens with zero attached hydrogens (tertiary/aromatic N) is 3. The normalized spacial score (nSPS) is 12.2. The van der Waals surface area contributed by atoms with Gasteiger partial charge in [0.1, 0.15) is 0 Å². The number of rotatable bonds is 1. The molecule has 0 N–H and O–H groups in total. The van der Waals surface area contributed by atoms with E-state index in [9.17, 15) is 13.2 Å². The fourth-order valence-electron chi connectivity index (χ4n) is 3.21. The third kappa shape index (κ3) is 2.45. The number of pyridine rings is 2. The van der Waals surface area contributed by atoms with Crippen LogP contribution < -0.4 is 0 Å². The third-order valence-electron chi connectivity index (χ3n) is 4.53. The molecule has 6 heteroatoms. The van der Waals surface area contributed by atoms with Crippen molar-refractivity contribution in [1.29, 1.82) is 0 Å². The van der Waals surface area contributed by atoms with Crippen LogP contribution in [0.2, 0.25) is 0 Å². The summed E-state index contributed by atoms with van der Waals surface area (Å²) in [5, 5.41) is 2.04. The second-order valence-electron chi connectivity index (χ2n) is 6.04. The SMILES string of the molecule is Cc1ncc(-c2ccc3c4cnccc4n(C)c3c2)cc1C(F)(F)F. The van der Waals surface area contributed by atoms with Gasteiger partial charge in [0.05, 0.1) is 11.1 Å². The van der Waals surface area contributed by atoms with Crippen molar-refractivity contribution in [3.63, 3.8) is 0 Å². The van der Waals surface area contributed by atoms with Gasteiger partial charge >= 0.3 is 6.18 Å². The predicted molar refractivity (Wildman–Crippen MR) is 91.2 cm³/mol. The lowest BCUT2D eigenvalue weighted by Gasteiger charge is -2.11. The van der Waals surface area contributed by atoms with E-state index in [1.165, 1.54) is 13.1 Å². The zero-order valence-corrected chi connectivity index (χ0v) is 13.6. The minimum Gasteiger partial charge on any atom is -0.343 e. The summed E-state index contributed by atoms with van der Waals surface area (Å²) in [5.41, 5.74) is 2.39. The molecular formula is C19H14F3N3. The fraction of sp³-hybridized carbons (Fsp3) is 0.158. The maximum atomic E-state index is 13.2. The molecule has 3 nitrogen and oxygen atoms in total. The van der Waals surface area contributed by atoms with Gasteiger partial charge in [0.25, 0.3) is 0 Å². The number of halogens is 3. The summed E-state index contributed by atoms with van der Waals surface area (Å²) in [6.07, 6.45) is 0.590. The molecule has 0 saturated carbocycles. The highest BCUT2D eigenvalue weighted by Gasteiger charge is 2.33. The van der Waals surface area contributed by atoms with Gasteiger partial charge in [0.2, 0.25) is 0 Å². The Morgan fingerprint density at radius 2 is 1.72 bits per heavy atom. The second-order valence-corrected chi connectivity index (χ2v) is 6.04. The highest BCUT2D eigenvalue weighted by atomic mass is 19.4. The van der Waals surface area contributed by atoms with Crippen LogP contribution in [-0.4, -0.2) is 14.5 Å². The quantitative estimate of drug-likeness (QED) is 0.481. The smallest absolute Gasteiger partial charge is 0.343 e. The van der Waals surface area contributed by atoms with Gasteiger partial charge in [-0.05, 0) is 30.7 Å². The average molecular weight is 341 g/mol. The van der Waals surface area contributed by atoms with Crippen molar-refractivity contribution in [2.45, 2.75) is 13.1 Å². The lowest BCUT2D eigenvalue weighted by Crippen LogP contribution is -2.08. The summed E-state index contributed by atoms with van der Waals surface area (Å²) in [6.45, 7) is 1.37. The number of aryl methyl sites for hydroxylation is 2. The van der Waals surface area contributed by atoms with Crippen molar-refractivity contribution < 1.29 is 13.2 Å². The lowest BCUT2D eigenvalue weighted by atomic mass is 10.0. The van der Waals surface area contributed by atoms with E-state index < -0.39 is 11.7 Å². The van der Waals surface area contributed by atoms with E-state index >= 15 is 0 Å². The molecule has 0 unspecified atom stereocenters. The number of hydrogen-bond donors (Lipinski definition) is 0. The Morgan fingerprint density at radius 1 is 0.920 bits per heavy atom. The standard InChI is InChI=1S/C19H14F3N3/c1-11-16(19(20,21)22)7-13(9-24-11)12-3-4-14-15-10-23-6-5-17(15)25(2)18(14)8-12/h3-10H,1-2H3. The van der Waals surface area contributed by atoms with Gasteiger partial charge in [-0.3, -0.25) is 9.97 Å². The Morgan fingerprint density at radius 3 is 2.48 bits per heavy atom. The minimum absolute atomic E-state index is 0.0204. The first kappa shape index (κ1) is 15.6. The van der Waals surface area contributed by atoms with E-state index in [1.807, 2.05) is 35.9 Å². The average Bonchev–Trinajstić information content (AvgIpc) is 2.87. The van der Waals surface area contributed by atoms with Gasteiger partial charge in [0, 0.05) is 53.2 Å². The van der Waals surface area contributed by atoms with Crippen LogP contribution in [-0.2, 0) is 13.2 Å². The first-order chi connectivity index (χ1) is 11.9. The summed E-state index contributed by atoms with van der Waals surface area (Å²) in [4.78, 5) is 8.09. The van der Waals surface area contributed by atoms with Crippen molar-refractivity contribution in [1.82, 2.24) is 14.5 Å². The van der Waals surface area contributed by atoms with Crippen LogP contribution >= 0.6 is 0 Å². The Bertz CT molecular complexity index is 1110. The van der Waals surface area contributed by atoms with Crippen molar-refractivity contribution in [2.24, 2.45) is 7.05 Å². The molecule has 0 saturated heterocycles. The van der Waals surface area contributed by atoms with E-state index in [0.29, 0.717) is 11.1 Å². The summed E-state index contributed by atoms with van der Waals surface area (Å²) >= 11 is 0. The van der Waals surface area contributed by atoms with Crippen molar-refractivity contribution in [3.05, 3.63) is 60.2 Å². The van der Waals surface area contributed by atoms with E-state index in [2.05, 4.69) is 9.97 Å². The first-order valence-corrected chi connectivity index (χ1v) is 7.72. The number of aromatic nitrogens is 3. The number of benzene rings is 1. The Balaban J connectivity index is 1.94. The Kier molecular flexibility index (Phi) is 3.32. The van der Waals surface area contributed by atoms with E-state index in [-0.39, 0.29) is 5.69 Å². The third-order valence-corrected chi connectivity index (χ3v) is 4.53. The summed E-state index contributed by atoms with van der Waals surface area (Å²) < 4.78 is 41.5. The van der Waals surface area contributed by atoms with Crippen LogP contribution in [0, 0.1) is 6.92 Å². The number of hydrogen-bond acceptors (Lipinski definition) is 2. The highest BCUT2D eigenvalue weighted by Crippen LogP contribution is 2.35. The molecule has 0 aliphatic heterocycles. The molecule has 126 valence electrons. The Labute approximate surface area is 141 Å². The molecule has 0 fully saturated rings. The van der Waals surface area contributed by atoms with Gasteiger partial charge in [-0.15, -0.1) is 0 Å². The largest absolute Gasteiger partial charge is 0.418 e. The maximum absolute atomic E-state index is 13.2. The molecule has 25 heavy (non-hydrogen) atoms. The molecule has 0 spiro atoms. The van der Waals surface area contributed by atoms with Crippen LogP contribution in [0.15, 0.2) is 48.9 Å². The van der Waals surface area contributed by atoms with Crippen LogP contribution in [0.3, 0.4) is 0 Å². The van der Waals surface area contributed by atoms with Gasteiger partial charge in [-0.25, -0.2) is 0 Å². The minimum atomic E-state index is -4.41. The molecule has 0 aliphatic carbocycles. The molecule has 0 aliphatic rings. The number of fused-ring (bicyclic) bond motifs is 3. The fourth-order valence-corrected chi connectivity index (χ4v) is 3.21. The highest BCUT2D eigenvalue weighted by molar-refractivity contribution is 6.08. The van der Waals surface area contributed by atoms with Crippen LogP contribution in [0.25, 0.3) is 32.9 Å². The zero-order chi connectivity index (χ0) is 17.8. The van der Waals surface area contributed by atoms with Gasteiger partial charge in [-0.1, -0.05) is 12.1 Å². The zero-order valence-electron chi connectivity index (χ0n) is 13.6. The maximum Gasteiger partial charge on any atom is 0.418 e. The molecule has 1 aromatic carbocycles. The molecule has 4 rings (SSSR count). The second kappa shape index (κ2) is 5.31. The molecule has 0 bridgehead atoms. The predicted octanol–water partition coefficient (Wildman–Crippen LogP) is 5.12. The topological polar surface area (TPSA) is 30.7 Å². The number of alkyl halides is 3.